The molecule has 0 fully saturated rings. The Labute approximate surface area is 165 Å². The highest BCUT2D eigenvalue weighted by atomic mass is 19.1. The van der Waals surface area contributed by atoms with Gasteiger partial charge in [0.25, 0.3) is 5.91 Å². The summed E-state index contributed by atoms with van der Waals surface area (Å²) >= 11 is 0. The number of urea groups is 1. The number of halogens is 1. The van der Waals surface area contributed by atoms with Crippen LogP contribution in [0.2, 0.25) is 0 Å². The number of aromatic nitrogens is 2. The number of hydrogen-bond donors (Lipinski definition) is 2. The molecule has 8 nitrogen and oxygen atoms in total. The third-order valence-electron chi connectivity index (χ3n) is 3.89. The monoisotopic (exact) mass is 396 g/mol. The van der Waals surface area contributed by atoms with Crippen LogP contribution in [0.3, 0.4) is 0 Å². The van der Waals surface area contributed by atoms with Crippen molar-refractivity contribution in [1.29, 1.82) is 0 Å². The SMILES string of the molecule is Cc1ccnn1-c1ccc(C(=O)OCC(=O)NC(=O)Nc2ccccc2F)cc1. The summed E-state index contributed by atoms with van der Waals surface area (Å²) < 4.78 is 20.1. The molecule has 0 spiro atoms. The number of hydrogen-bond acceptors (Lipinski definition) is 5. The number of carbonyl (C=O) groups is 3. The molecule has 0 saturated heterocycles. The lowest BCUT2D eigenvalue weighted by Gasteiger charge is -2.09. The highest BCUT2D eigenvalue weighted by Gasteiger charge is 2.14. The van der Waals surface area contributed by atoms with Crippen LogP contribution in [0.4, 0.5) is 14.9 Å². The van der Waals surface area contributed by atoms with Crippen LogP contribution >= 0.6 is 0 Å². The van der Waals surface area contributed by atoms with Gasteiger partial charge in [0.15, 0.2) is 6.61 Å². The number of nitrogens with one attached hydrogen (secondary N) is 2. The maximum atomic E-state index is 13.5. The summed E-state index contributed by atoms with van der Waals surface area (Å²) in [5.74, 6) is -2.22. The van der Waals surface area contributed by atoms with Crippen LogP contribution in [-0.2, 0) is 9.53 Å². The molecule has 3 rings (SSSR count). The number of imide groups is 1. The first kappa shape index (κ1) is 19.7. The second-order valence-electron chi connectivity index (χ2n) is 5.99. The Morgan fingerprint density at radius 3 is 2.45 bits per heavy atom. The third-order valence-corrected chi connectivity index (χ3v) is 3.89. The Morgan fingerprint density at radius 2 is 1.79 bits per heavy atom. The Morgan fingerprint density at radius 1 is 1.07 bits per heavy atom. The summed E-state index contributed by atoms with van der Waals surface area (Å²) in [7, 11) is 0. The third kappa shape index (κ3) is 5.04. The lowest BCUT2D eigenvalue weighted by Crippen LogP contribution is -2.37. The first-order chi connectivity index (χ1) is 13.9. The van der Waals surface area contributed by atoms with E-state index in [1.165, 1.54) is 18.2 Å². The van der Waals surface area contributed by atoms with E-state index >= 15 is 0 Å². The fraction of sp³-hybridized carbons (Fsp3) is 0.100. The van der Waals surface area contributed by atoms with Gasteiger partial charge in [-0.25, -0.2) is 18.7 Å². The van der Waals surface area contributed by atoms with Crippen LogP contribution in [-0.4, -0.2) is 34.3 Å². The highest BCUT2D eigenvalue weighted by molar-refractivity contribution is 6.02. The topological polar surface area (TPSA) is 102 Å². The summed E-state index contributed by atoms with van der Waals surface area (Å²) in [6.45, 7) is 1.24. The molecule has 148 valence electrons. The van der Waals surface area contributed by atoms with Gasteiger partial charge in [0, 0.05) is 11.9 Å². The van der Waals surface area contributed by atoms with Gasteiger partial charge in [0.05, 0.1) is 16.9 Å². The van der Waals surface area contributed by atoms with Crippen molar-refractivity contribution >= 4 is 23.6 Å². The Kier molecular flexibility index (Phi) is 5.98. The number of para-hydroxylation sites is 1. The molecule has 1 heterocycles. The second-order valence-corrected chi connectivity index (χ2v) is 5.99. The van der Waals surface area contributed by atoms with Gasteiger partial charge in [-0.3, -0.25) is 10.1 Å². The number of aryl methyl sites for hydroxylation is 1. The van der Waals surface area contributed by atoms with E-state index in [2.05, 4.69) is 10.4 Å². The fourth-order valence-corrected chi connectivity index (χ4v) is 2.47. The zero-order valence-electron chi connectivity index (χ0n) is 15.4. The summed E-state index contributed by atoms with van der Waals surface area (Å²) in [5.41, 5.74) is 1.86. The van der Waals surface area contributed by atoms with Crippen molar-refractivity contribution in [3.05, 3.63) is 77.9 Å². The van der Waals surface area contributed by atoms with Crippen molar-refractivity contribution in [2.45, 2.75) is 6.92 Å². The number of amides is 3. The number of carbonyl (C=O) groups excluding carboxylic acids is 3. The van der Waals surface area contributed by atoms with Crippen LogP contribution in [0.1, 0.15) is 16.1 Å². The lowest BCUT2D eigenvalue weighted by atomic mass is 10.2. The molecule has 0 aliphatic rings. The molecule has 29 heavy (non-hydrogen) atoms. The van der Waals surface area contributed by atoms with E-state index in [4.69, 9.17) is 4.74 Å². The van der Waals surface area contributed by atoms with Crippen LogP contribution < -0.4 is 10.6 Å². The molecule has 3 amide bonds. The molecule has 0 saturated carbocycles. The fourth-order valence-electron chi connectivity index (χ4n) is 2.47. The Hall–Kier alpha value is -4.01. The molecule has 9 heteroatoms. The van der Waals surface area contributed by atoms with Gasteiger partial charge in [0.1, 0.15) is 5.82 Å². The van der Waals surface area contributed by atoms with E-state index in [1.807, 2.05) is 18.3 Å². The summed E-state index contributed by atoms with van der Waals surface area (Å²) in [4.78, 5) is 35.5. The number of esters is 1. The molecule has 0 aliphatic heterocycles. The molecule has 1 aromatic heterocycles. The maximum Gasteiger partial charge on any atom is 0.338 e. The van der Waals surface area contributed by atoms with E-state index in [1.54, 1.807) is 35.1 Å². The van der Waals surface area contributed by atoms with E-state index < -0.39 is 30.3 Å². The average Bonchev–Trinajstić information content (AvgIpc) is 3.14. The molecule has 0 atom stereocenters. The molecule has 2 aromatic carbocycles. The van der Waals surface area contributed by atoms with Gasteiger partial charge in [-0.1, -0.05) is 12.1 Å². The van der Waals surface area contributed by atoms with Crippen molar-refractivity contribution in [2.24, 2.45) is 0 Å². The average molecular weight is 396 g/mol. The maximum absolute atomic E-state index is 13.5. The number of benzene rings is 2. The van der Waals surface area contributed by atoms with Crippen molar-refractivity contribution in [1.82, 2.24) is 15.1 Å². The van der Waals surface area contributed by atoms with Crippen molar-refractivity contribution in [3.8, 4) is 5.69 Å². The molecule has 2 N–H and O–H groups in total. The van der Waals surface area contributed by atoms with E-state index in [0.29, 0.717) is 0 Å². The number of ether oxygens (including phenoxy) is 1. The first-order valence-corrected chi connectivity index (χ1v) is 8.57. The lowest BCUT2D eigenvalue weighted by molar-refractivity contribution is -0.123. The minimum atomic E-state index is -0.935. The Balaban J connectivity index is 1.50. The van der Waals surface area contributed by atoms with Crippen molar-refractivity contribution in [3.63, 3.8) is 0 Å². The first-order valence-electron chi connectivity index (χ1n) is 8.57. The Bertz CT molecular complexity index is 1050. The molecule has 0 aliphatic carbocycles. The molecular formula is C20H17FN4O4. The minimum absolute atomic E-state index is 0.0812. The van der Waals surface area contributed by atoms with Crippen molar-refractivity contribution in [2.75, 3.05) is 11.9 Å². The molecule has 3 aromatic rings. The van der Waals surface area contributed by atoms with Gasteiger partial charge in [-0.2, -0.15) is 5.10 Å². The van der Waals surface area contributed by atoms with Gasteiger partial charge < -0.3 is 10.1 Å². The highest BCUT2D eigenvalue weighted by Crippen LogP contribution is 2.13. The predicted octanol–water partition coefficient (Wildman–Crippen LogP) is 2.82. The summed E-state index contributed by atoms with van der Waals surface area (Å²) in [5, 5.41) is 8.31. The smallest absolute Gasteiger partial charge is 0.338 e. The van der Waals surface area contributed by atoms with Gasteiger partial charge in [-0.15, -0.1) is 0 Å². The second kappa shape index (κ2) is 8.79. The van der Waals surface area contributed by atoms with Gasteiger partial charge in [-0.05, 0) is 49.4 Å². The molecule has 0 unspecified atom stereocenters. The number of anilines is 1. The van der Waals surface area contributed by atoms with E-state index in [0.717, 1.165) is 17.4 Å². The normalized spacial score (nSPS) is 10.3. The van der Waals surface area contributed by atoms with Crippen LogP contribution in [0.5, 0.6) is 0 Å². The molecular weight excluding hydrogens is 379 g/mol. The number of nitrogens with zero attached hydrogens (tertiary/aromatic N) is 2. The quantitative estimate of drug-likeness (QED) is 0.646. The molecule has 0 radical (unpaired) electrons. The predicted molar refractivity (Wildman–Crippen MR) is 102 cm³/mol. The minimum Gasteiger partial charge on any atom is -0.452 e. The summed E-state index contributed by atoms with van der Waals surface area (Å²) in [6.07, 6.45) is 1.67. The van der Waals surface area contributed by atoms with Crippen LogP contribution in [0.15, 0.2) is 60.8 Å². The van der Waals surface area contributed by atoms with Crippen LogP contribution in [0, 0.1) is 12.7 Å². The van der Waals surface area contributed by atoms with Crippen molar-refractivity contribution < 1.29 is 23.5 Å². The van der Waals surface area contributed by atoms with E-state index in [-0.39, 0.29) is 11.3 Å². The van der Waals surface area contributed by atoms with Gasteiger partial charge >= 0.3 is 12.0 Å². The zero-order chi connectivity index (χ0) is 20.8. The molecule has 0 bridgehead atoms. The standard InChI is InChI=1S/C20H17FN4O4/c1-13-10-11-22-25(13)15-8-6-14(7-9-15)19(27)29-12-18(26)24-20(28)23-17-5-3-2-4-16(17)21/h2-11H,12H2,1H3,(H2,23,24,26,28). The largest absolute Gasteiger partial charge is 0.452 e. The number of rotatable bonds is 5. The zero-order valence-corrected chi connectivity index (χ0v) is 15.4. The van der Waals surface area contributed by atoms with Crippen LogP contribution in [0.25, 0.3) is 5.69 Å². The summed E-state index contributed by atoms with van der Waals surface area (Å²) in [6, 6.07) is 12.9. The van der Waals surface area contributed by atoms with Gasteiger partial charge in [0.2, 0.25) is 0 Å². The van der Waals surface area contributed by atoms with E-state index in [9.17, 15) is 18.8 Å².